The Bertz CT molecular complexity index is 392. The SMILES string of the molecule is C=C(C)C(=O)OCC(C)O.C=CC(=O)OC(O)C=C.CC=CC. The fraction of sp³-hybridized carbons (Fsp3) is 0.412. The van der Waals surface area contributed by atoms with E-state index in [1.54, 1.807) is 13.8 Å². The number of rotatable bonds is 6. The molecule has 0 aromatic rings. The molecule has 132 valence electrons. The first kappa shape index (κ1) is 25.8. The molecule has 0 heterocycles. The van der Waals surface area contributed by atoms with Gasteiger partial charge in [-0.3, -0.25) is 0 Å². The third-order valence-corrected chi connectivity index (χ3v) is 1.74. The molecule has 0 rings (SSSR count). The Kier molecular flexibility index (Phi) is 20.0. The fourth-order valence-electron chi connectivity index (χ4n) is 0.535. The summed E-state index contributed by atoms with van der Waals surface area (Å²) < 4.78 is 8.81. The number of esters is 2. The van der Waals surface area contributed by atoms with E-state index in [2.05, 4.69) is 29.2 Å². The van der Waals surface area contributed by atoms with Crippen LogP contribution in [0.3, 0.4) is 0 Å². The molecular weight excluding hydrogens is 300 g/mol. The van der Waals surface area contributed by atoms with Crippen molar-refractivity contribution in [3.8, 4) is 0 Å². The third kappa shape index (κ3) is 25.1. The first-order valence-corrected chi connectivity index (χ1v) is 6.87. The van der Waals surface area contributed by atoms with Crippen LogP contribution in [0.15, 0.2) is 49.6 Å². The molecular formula is C17H28O6. The molecule has 0 spiro atoms. The molecule has 0 saturated carbocycles. The molecule has 6 nitrogen and oxygen atoms in total. The summed E-state index contributed by atoms with van der Waals surface area (Å²) in [5.74, 6) is -1.12. The first-order chi connectivity index (χ1) is 10.7. The molecule has 0 aromatic carbocycles. The van der Waals surface area contributed by atoms with Crippen molar-refractivity contribution in [1.29, 1.82) is 0 Å². The molecule has 0 fully saturated rings. The zero-order valence-electron chi connectivity index (χ0n) is 14.3. The van der Waals surface area contributed by atoms with Crippen LogP contribution in [0.1, 0.15) is 27.7 Å². The fourth-order valence-corrected chi connectivity index (χ4v) is 0.535. The van der Waals surface area contributed by atoms with E-state index < -0.39 is 24.3 Å². The monoisotopic (exact) mass is 328 g/mol. The highest BCUT2D eigenvalue weighted by molar-refractivity contribution is 5.86. The predicted octanol–water partition coefficient (Wildman–Crippen LogP) is 2.29. The summed E-state index contributed by atoms with van der Waals surface area (Å²) in [5, 5.41) is 17.2. The highest BCUT2D eigenvalue weighted by Crippen LogP contribution is 1.92. The van der Waals surface area contributed by atoms with Gasteiger partial charge in [-0.1, -0.05) is 31.9 Å². The topological polar surface area (TPSA) is 93.1 Å². The highest BCUT2D eigenvalue weighted by Gasteiger charge is 2.04. The zero-order valence-corrected chi connectivity index (χ0v) is 14.3. The van der Waals surface area contributed by atoms with Crippen molar-refractivity contribution >= 4 is 11.9 Å². The van der Waals surface area contributed by atoms with Gasteiger partial charge in [-0.25, -0.2) is 9.59 Å². The van der Waals surface area contributed by atoms with Crippen molar-refractivity contribution in [2.75, 3.05) is 6.61 Å². The van der Waals surface area contributed by atoms with Crippen LogP contribution in [0.4, 0.5) is 0 Å². The molecule has 2 unspecified atom stereocenters. The van der Waals surface area contributed by atoms with Crippen LogP contribution in [0.2, 0.25) is 0 Å². The maximum absolute atomic E-state index is 10.6. The van der Waals surface area contributed by atoms with Crippen molar-refractivity contribution in [1.82, 2.24) is 0 Å². The molecule has 6 heteroatoms. The Hall–Kier alpha value is -2.18. The number of allylic oxidation sites excluding steroid dienone is 2. The van der Waals surface area contributed by atoms with Gasteiger partial charge >= 0.3 is 11.9 Å². The molecule has 23 heavy (non-hydrogen) atoms. The molecule has 2 atom stereocenters. The van der Waals surface area contributed by atoms with Crippen LogP contribution in [0, 0.1) is 0 Å². The van der Waals surface area contributed by atoms with E-state index in [0.717, 1.165) is 12.2 Å². The Morgan fingerprint density at radius 1 is 1.17 bits per heavy atom. The van der Waals surface area contributed by atoms with Crippen LogP contribution in [-0.4, -0.2) is 41.2 Å². The first-order valence-electron chi connectivity index (χ1n) is 6.87. The lowest BCUT2D eigenvalue weighted by Gasteiger charge is -2.04. The Morgan fingerprint density at radius 2 is 1.65 bits per heavy atom. The summed E-state index contributed by atoms with van der Waals surface area (Å²) in [6.45, 7) is 16.8. The standard InChI is InChI=1S/C7H12O3.C6H8O3.C4H8/c1-5(2)7(9)10-4-6(3)8;1-3-5(7)9-6(8)4-2;1-3-4-2/h6,8H,1,4H2,2-3H3;3-5,7H,1-2H2;3-4H,1-2H3. The zero-order chi connectivity index (χ0) is 18.8. The average Bonchev–Trinajstić information content (AvgIpc) is 2.52. The molecule has 0 aliphatic heterocycles. The minimum Gasteiger partial charge on any atom is -0.460 e. The number of carbonyl (C=O) groups excluding carboxylic acids is 2. The van der Waals surface area contributed by atoms with Crippen LogP contribution in [0.25, 0.3) is 0 Å². The molecule has 0 aromatic heterocycles. The summed E-state index contributed by atoms with van der Waals surface area (Å²) >= 11 is 0. The molecule has 0 saturated heterocycles. The second-order valence-corrected chi connectivity index (χ2v) is 4.16. The predicted molar refractivity (Wildman–Crippen MR) is 90.4 cm³/mol. The van der Waals surface area contributed by atoms with Gasteiger partial charge in [0.05, 0.1) is 6.10 Å². The third-order valence-electron chi connectivity index (χ3n) is 1.74. The van der Waals surface area contributed by atoms with Crippen molar-refractivity contribution < 1.29 is 29.3 Å². The molecule has 2 N–H and O–H groups in total. The minimum absolute atomic E-state index is 0.0334. The number of ether oxygens (including phenoxy) is 2. The largest absolute Gasteiger partial charge is 0.460 e. The molecule has 0 bridgehead atoms. The molecule has 0 amide bonds. The van der Waals surface area contributed by atoms with Gasteiger partial charge < -0.3 is 19.7 Å². The Morgan fingerprint density at radius 3 is 1.91 bits per heavy atom. The molecule has 0 radical (unpaired) electrons. The number of hydrogen-bond acceptors (Lipinski definition) is 6. The van der Waals surface area contributed by atoms with Gasteiger partial charge in [0.1, 0.15) is 6.61 Å². The van der Waals surface area contributed by atoms with Crippen LogP contribution in [-0.2, 0) is 19.1 Å². The van der Waals surface area contributed by atoms with Gasteiger partial charge in [-0.2, -0.15) is 0 Å². The van der Waals surface area contributed by atoms with E-state index in [0.29, 0.717) is 5.57 Å². The van der Waals surface area contributed by atoms with Crippen LogP contribution in [0.5, 0.6) is 0 Å². The summed E-state index contributed by atoms with van der Waals surface area (Å²) in [6.07, 6.45) is 4.23. The second-order valence-electron chi connectivity index (χ2n) is 4.16. The number of aliphatic hydroxyl groups excluding tert-OH is 2. The normalized spacial score (nSPS) is 11.6. The van der Waals surface area contributed by atoms with Gasteiger partial charge in [0.2, 0.25) is 6.29 Å². The van der Waals surface area contributed by atoms with Crippen molar-refractivity contribution in [3.63, 3.8) is 0 Å². The summed E-state index contributed by atoms with van der Waals surface area (Å²) in [5.41, 5.74) is 0.348. The highest BCUT2D eigenvalue weighted by atomic mass is 16.6. The lowest BCUT2D eigenvalue weighted by atomic mass is 10.3. The number of aliphatic hydroxyl groups is 2. The van der Waals surface area contributed by atoms with Gasteiger partial charge in [0.25, 0.3) is 0 Å². The quantitative estimate of drug-likeness (QED) is 0.336. The van der Waals surface area contributed by atoms with Crippen molar-refractivity contribution in [2.45, 2.75) is 40.1 Å². The Balaban J connectivity index is -0.000000284. The van der Waals surface area contributed by atoms with Gasteiger partial charge in [-0.05, 0) is 33.8 Å². The van der Waals surface area contributed by atoms with E-state index in [9.17, 15) is 9.59 Å². The molecule has 0 aliphatic rings. The Labute approximate surface area is 138 Å². The maximum Gasteiger partial charge on any atom is 0.333 e. The van der Waals surface area contributed by atoms with Crippen LogP contribution < -0.4 is 0 Å². The van der Waals surface area contributed by atoms with Gasteiger partial charge in [0, 0.05) is 11.6 Å². The van der Waals surface area contributed by atoms with E-state index in [-0.39, 0.29) is 6.61 Å². The smallest absolute Gasteiger partial charge is 0.333 e. The van der Waals surface area contributed by atoms with Crippen molar-refractivity contribution in [2.24, 2.45) is 0 Å². The van der Waals surface area contributed by atoms with Crippen LogP contribution >= 0.6 is 0 Å². The van der Waals surface area contributed by atoms with Crippen molar-refractivity contribution in [3.05, 3.63) is 49.6 Å². The average molecular weight is 328 g/mol. The lowest BCUT2D eigenvalue weighted by molar-refractivity contribution is -0.154. The van der Waals surface area contributed by atoms with Gasteiger partial charge in [-0.15, -0.1) is 0 Å². The van der Waals surface area contributed by atoms with E-state index in [1.807, 2.05) is 26.0 Å². The lowest BCUT2D eigenvalue weighted by Crippen LogP contribution is -2.15. The maximum atomic E-state index is 10.6. The van der Waals surface area contributed by atoms with E-state index in [1.165, 1.54) is 0 Å². The summed E-state index contributed by atoms with van der Waals surface area (Å²) in [6, 6.07) is 0. The van der Waals surface area contributed by atoms with E-state index >= 15 is 0 Å². The number of hydrogen-bond donors (Lipinski definition) is 2. The molecule has 0 aliphatic carbocycles. The summed E-state index contributed by atoms with van der Waals surface area (Å²) in [4.78, 5) is 20.8. The van der Waals surface area contributed by atoms with Gasteiger partial charge in [0.15, 0.2) is 0 Å². The second kappa shape index (κ2) is 17.9. The minimum atomic E-state index is -1.23. The summed E-state index contributed by atoms with van der Waals surface area (Å²) in [7, 11) is 0. The number of carbonyl (C=O) groups is 2. The van der Waals surface area contributed by atoms with E-state index in [4.69, 9.17) is 10.2 Å².